The normalized spacial score (nSPS) is 14.2. The van der Waals surface area contributed by atoms with E-state index in [0.717, 1.165) is 6.42 Å². The second-order valence-corrected chi connectivity index (χ2v) is 4.98. The van der Waals surface area contributed by atoms with Crippen LogP contribution >= 0.6 is 0 Å². The van der Waals surface area contributed by atoms with Crippen LogP contribution in [0.2, 0.25) is 0 Å². The molecule has 17 heavy (non-hydrogen) atoms. The van der Waals surface area contributed by atoms with Crippen molar-refractivity contribution in [3.8, 4) is 0 Å². The van der Waals surface area contributed by atoms with Gasteiger partial charge in [-0.05, 0) is 32.1 Å². The van der Waals surface area contributed by atoms with Crippen LogP contribution in [0.1, 0.15) is 47.5 Å². The predicted octanol–water partition coefficient (Wildman–Crippen LogP) is 2.13. The van der Waals surface area contributed by atoms with Crippen molar-refractivity contribution in [1.82, 2.24) is 5.32 Å². The molecule has 4 heteroatoms. The summed E-state index contributed by atoms with van der Waals surface area (Å²) in [6, 6.07) is -0.561. The Kier molecular flexibility index (Phi) is 7.59. The van der Waals surface area contributed by atoms with Crippen molar-refractivity contribution in [2.45, 2.75) is 53.5 Å². The average Bonchev–Trinajstić information content (AvgIpc) is 2.15. The summed E-state index contributed by atoms with van der Waals surface area (Å²) in [7, 11) is 0. The summed E-state index contributed by atoms with van der Waals surface area (Å²) in [5, 5.41) is 2.66. The Morgan fingerprint density at radius 1 is 1.18 bits per heavy atom. The third kappa shape index (κ3) is 7.77. The van der Waals surface area contributed by atoms with Crippen LogP contribution in [0, 0.1) is 11.8 Å². The first kappa shape index (κ1) is 15.9. The molecule has 0 aromatic rings. The number of nitrogens with one attached hydrogen (secondary N) is 1. The minimum Gasteiger partial charge on any atom is -0.464 e. The Balaban J connectivity index is 3.96. The molecule has 0 aromatic heterocycles. The smallest absolute Gasteiger partial charge is 0.328 e. The molecule has 0 aliphatic carbocycles. The summed E-state index contributed by atoms with van der Waals surface area (Å²) >= 11 is 0. The monoisotopic (exact) mass is 243 g/mol. The van der Waals surface area contributed by atoms with Gasteiger partial charge >= 0.3 is 5.97 Å². The Hall–Kier alpha value is -1.06. The molecular formula is C13H25NO3. The summed E-state index contributed by atoms with van der Waals surface area (Å²) in [5.41, 5.74) is 0. The van der Waals surface area contributed by atoms with Crippen LogP contribution in [-0.2, 0) is 14.3 Å². The van der Waals surface area contributed by atoms with Crippen molar-refractivity contribution < 1.29 is 14.3 Å². The second kappa shape index (κ2) is 8.09. The van der Waals surface area contributed by atoms with Crippen molar-refractivity contribution in [1.29, 1.82) is 0 Å². The number of carbonyl (C=O) groups is 2. The van der Waals surface area contributed by atoms with Gasteiger partial charge in [0.1, 0.15) is 6.04 Å². The average molecular weight is 243 g/mol. The van der Waals surface area contributed by atoms with Crippen molar-refractivity contribution in [2.75, 3.05) is 6.61 Å². The highest BCUT2D eigenvalue weighted by Gasteiger charge is 2.18. The number of hydrogen-bond acceptors (Lipinski definition) is 3. The first-order chi connectivity index (χ1) is 7.86. The van der Waals surface area contributed by atoms with Crippen molar-refractivity contribution in [3.63, 3.8) is 0 Å². The SMILES string of the molecule is CCOC(=O)C(C)NC(=O)CC(C)CC(C)C. The van der Waals surface area contributed by atoms with E-state index in [1.807, 2.05) is 0 Å². The molecule has 4 nitrogen and oxygen atoms in total. The molecule has 0 fully saturated rings. The minimum absolute atomic E-state index is 0.0845. The molecule has 100 valence electrons. The van der Waals surface area contributed by atoms with Crippen LogP contribution < -0.4 is 5.32 Å². The third-order valence-corrected chi connectivity index (χ3v) is 2.43. The molecule has 1 N–H and O–H groups in total. The van der Waals surface area contributed by atoms with Crippen LogP contribution in [0.3, 0.4) is 0 Å². The van der Waals surface area contributed by atoms with E-state index in [-0.39, 0.29) is 11.9 Å². The fourth-order valence-corrected chi connectivity index (χ4v) is 1.83. The van der Waals surface area contributed by atoms with Gasteiger partial charge in [-0.3, -0.25) is 4.79 Å². The highest BCUT2D eigenvalue weighted by Crippen LogP contribution is 2.14. The Morgan fingerprint density at radius 2 is 1.76 bits per heavy atom. The number of hydrogen-bond donors (Lipinski definition) is 1. The van der Waals surface area contributed by atoms with Crippen molar-refractivity contribution >= 4 is 11.9 Å². The van der Waals surface area contributed by atoms with Gasteiger partial charge in [-0.2, -0.15) is 0 Å². The van der Waals surface area contributed by atoms with Crippen LogP contribution in [0.5, 0.6) is 0 Å². The first-order valence-corrected chi connectivity index (χ1v) is 6.32. The van der Waals surface area contributed by atoms with Gasteiger partial charge < -0.3 is 10.1 Å². The summed E-state index contributed by atoms with van der Waals surface area (Å²) in [6.07, 6.45) is 1.48. The predicted molar refractivity (Wildman–Crippen MR) is 67.5 cm³/mol. The molecule has 0 saturated heterocycles. The number of amides is 1. The Morgan fingerprint density at radius 3 is 2.24 bits per heavy atom. The Bertz CT molecular complexity index is 251. The van der Waals surface area contributed by atoms with Gasteiger partial charge in [-0.25, -0.2) is 4.79 Å². The van der Waals surface area contributed by atoms with E-state index in [4.69, 9.17) is 4.74 Å². The zero-order chi connectivity index (χ0) is 13.4. The molecule has 2 unspecified atom stereocenters. The first-order valence-electron chi connectivity index (χ1n) is 6.32. The fraction of sp³-hybridized carbons (Fsp3) is 0.846. The van der Waals surface area contributed by atoms with E-state index in [9.17, 15) is 9.59 Å². The van der Waals surface area contributed by atoms with Gasteiger partial charge in [0, 0.05) is 6.42 Å². The fourth-order valence-electron chi connectivity index (χ4n) is 1.83. The largest absolute Gasteiger partial charge is 0.464 e. The van der Waals surface area contributed by atoms with E-state index >= 15 is 0 Å². The molecule has 0 spiro atoms. The van der Waals surface area contributed by atoms with Crippen LogP contribution in [0.4, 0.5) is 0 Å². The molecule has 0 aromatic carbocycles. The maximum absolute atomic E-state index is 11.6. The molecule has 0 aliphatic rings. The lowest BCUT2D eigenvalue weighted by Gasteiger charge is -2.16. The molecule has 0 radical (unpaired) electrons. The molecule has 2 atom stereocenters. The van der Waals surface area contributed by atoms with Gasteiger partial charge in [0.05, 0.1) is 6.61 Å². The van der Waals surface area contributed by atoms with E-state index in [2.05, 4.69) is 26.1 Å². The highest BCUT2D eigenvalue weighted by molar-refractivity contribution is 5.84. The number of rotatable bonds is 7. The summed E-state index contributed by atoms with van der Waals surface area (Å²) in [4.78, 5) is 22.9. The van der Waals surface area contributed by atoms with Gasteiger partial charge in [0.15, 0.2) is 0 Å². The minimum atomic E-state index is -0.561. The molecule has 0 saturated carbocycles. The molecule has 0 aliphatic heterocycles. The van der Waals surface area contributed by atoms with E-state index in [0.29, 0.717) is 24.9 Å². The van der Waals surface area contributed by atoms with Crippen LogP contribution in [0.25, 0.3) is 0 Å². The second-order valence-electron chi connectivity index (χ2n) is 4.98. The lowest BCUT2D eigenvalue weighted by Crippen LogP contribution is -2.40. The van der Waals surface area contributed by atoms with Gasteiger partial charge in [0.2, 0.25) is 5.91 Å². The highest BCUT2D eigenvalue weighted by atomic mass is 16.5. The molecule has 0 bridgehead atoms. The quantitative estimate of drug-likeness (QED) is 0.697. The van der Waals surface area contributed by atoms with Crippen molar-refractivity contribution in [3.05, 3.63) is 0 Å². The summed E-state index contributed by atoms with van der Waals surface area (Å²) in [5.74, 6) is 0.459. The molecule has 1 amide bonds. The standard InChI is InChI=1S/C13H25NO3/c1-6-17-13(16)11(5)14-12(15)8-10(4)7-9(2)3/h9-11H,6-8H2,1-5H3,(H,14,15). The van der Waals surface area contributed by atoms with Gasteiger partial charge in [0.25, 0.3) is 0 Å². The van der Waals surface area contributed by atoms with E-state index in [1.165, 1.54) is 0 Å². The van der Waals surface area contributed by atoms with Crippen LogP contribution in [0.15, 0.2) is 0 Å². The zero-order valence-electron chi connectivity index (χ0n) is 11.6. The third-order valence-electron chi connectivity index (χ3n) is 2.43. The number of carbonyl (C=O) groups excluding carboxylic acids is 2. The summed E-state index contributed by atoms with van der Waals surface area (Å²) in [6.45, 7) is 10.0. The zero-order valence-corrected chi connectivity index (χ0v) is 11.6. The lowest BCUT2D eigenvalue weighted by molar-refractivity contribution is -0.147. The van der Waals surface area contributed by atoms with Gasteiger partial charge in [-0.1, -0.05) is 20.8 Å². The molecule has 0 rings (SSSR count). The molecular weight excluding hydrogens is 218 g/mol. The van der Waals surface area contributed by atoms with E-state index < -0.39 is 6.04 Å². The number of ether oxygens (including phenoxy) is 1. The number of esters is 1. The van der Waals surface area contributed by atoms with E-state index in [1.54, 1.807) is 13.8 Å². The maximum atomic E-state index is 11.6. The van der Waals surface area contributed by atoms with Crippen LogP contribution in [-0.4, -0.2) is 24.5 Å². The van der Waals surface area contributed by atoms with Crippen molar-refractivity contribution in [2.24, 2.45) is 11.8 Å². The summed E-state index contributed by atoms with van der Waals surface area (Å²) < 4.78 is 4.82. The lowest BCUT2D eigenvalue weighted by atomic mass is 9.96. The molecule has 0 heterocycles. The Labute approximate surface area is 104 Å². The van der Waals surface area contributed by atoms with Gasteiger partial charge in [-0.15, -0.1) is 0 Å². The maximum Gasteiger partial charge on any atom is 0.328 e. The topological polar surface area (TPSA) is 55.4 Å².